The number of carbonyl (C=O) groups is 2. The molecule has 3 aromatic rings. The zero-order valence-electron chi connectivity index (χ0n) is 16.6. The zero-order valence-corrected chi connectivity index (χ0v) is 17.4. The number of piperidine rings is 1. The van der Waals surface area contributed by atoms with E-state index in [4.69, 9.17) is 0 Å². The number of benzene rings is 2. The highest BCUT2D eigenvalue weighted by atomic mass is 32.1. The van der Waals surface area contributed by atoms with E-state index in [1.54, 1.807) is 30.0 Å². The number of rotatable bonds is 4. The Kier molecular flexibility index (Phi) is 5.90. The van der Waals surface area contributed by atoms with Gasteiger partial charge in [0.15, 0.2) is 0 Å². The number of aromatic nitrogens is 1. The summed E-state index contributed by atoms with van der Waals surface area (Å²) in [6.45, 7) is 2.76. The van der Waals surface area contributed by atoms with Crippen LogP contribution in [0.1, 0.15) is 19.8 Å². The topological polar surface area (TPSA) is 62.3 Å². The number of nitrogens with one attached hydrogen (secondary N) is 1. The van der Waals surface area contributed by atoms with Gasteiger partial charge in [0.2, 0.25) is 11.8 Å². The van der Waals surface area contributed by atoms with Gasteiger partial charge in [0.25, 0.3) is 0 Å². The molecule has 1 aromatic heterocycles. The SMILES string of the molecule is CC(=O)N1CCC(C(=O)Nc2ccccc2-c2csc(-c3ccccc3F)n2)CC1. The second kappa shape index (κ2) is 8.75. The summed E-state index contributed by atoms with van der Waals surface area (Å²) >= 11 is 1.37. The van der Waals surface area contributed by atoms with Gasteiger partial charge in [-0.2, -0.15) is 0 Å². The maximum atomic E-state index is 14.1. The summed E-state index contributed by atoms with van der Waals surface area (Å²) < 4.78 is 14.1. The van der Waals surface area contributed by atoms with Crippen molar-refractivity contribution in [2.45, 2.75) is 19.8 Å². The molecule has 1 saturated heterocycles. The van der Waals surface area contributed by atoms with E-state index in [2.05, 4.69) is 10.3 Å². The minimum atomic E-state index is -0.308. The third-order valence-electron chi connectivity index (χ3n) is 5.38. The molecule has 5 nitrogen and oxygen atoms in total. The summed E-state index contributed by atoms with van der Waals surface area (Å²) in [5.41, 5.74) is 2.64. The van der Waals surface area contributed by atoms with Gasteiger partial charge in [-0.05, 0) is 31.0 Å². The molecule has 30 heavy (non-hydrogen) atoms. The highest BCUT2D eigenvalue weighted by molar-refractivity contribution is 7.13. The van der Waals surface area contributed by atoms with E-state index >= 15 is 0 Å². The zero-order chi connectivity index (χ0) is 21.1. The summed E-state index contributed by atoms with van der Waals surface area (Å²) in [7, 11) is 0. The number of thiazole rings is 1. The van der Waals surface area contributed by atoms with Crippen LogP contribution >= 0.6 is 11.3 Å². The molecule has 4 rings (SSSR count). The predicted molar refractivity (Wildman–Crippen MR) is 117 cm³/mol. The van der Waals surface area contributed by atoms with E-state index in [9.17, 15) is 14.0 Å². The monoisotopic (exact) mass is 423 g/mol. The molecule has 2 aromatic carbocycles. The molecule has 1 aliphatic heterocycles. The van der Waals surface area contributed by atoms with Crippen molar-refractivity contribution in [3.05, 3.63) is 59.7 Å². The molecule has 0 aliphatic carbocycles. The average molecular weight is 424 g/mol. The van der Waals surface area contributed by atoms with Gasteiger partial charge in [0.05, 0.1) is 11.4 Å². The van der Waals surface area contributed by atoms with E-state index in [1.165, 1.54) is 17.4 Å². The number of anilines is 1. The number of likely N-dealkylation sites (tertiary alicyclic amines) is 1. The fourth-order valence-electron chi connectivity index (χ4n) is 3.66. The molecule has 2 heterocycles. The Balaban J connectivity index is 1.52. The van der Waals surface area contributed by atoms with Crippen LogP contribution in [0.25, 0.3) is 21.8 Å². The first kappa shape index (κ1) is 20.2. The molecule has 2 amide bonds. The van der Waals surface area contributed by atoms with Gasteiger partial charge in [0.1, 0.15) is 10.8 Å². The Morgan fingerprint density at radius 3 is 2.43 bits per heavy atom. The van der Waals surface area contributed by atoms with E-state index < -0.39 is 0 Å². The van der Waals surface area contributed by atoms with Gasteiger partial charge in [-0.25, -0.2) is 9.37 Å². The maximum absolute atomic E-state index is 14.1. The number of carbonyl (C=O) groups excluding carboxylic acids is 2. The van der Waals surface area contributed by atoms with E-state index in [0.29, 0.717) is 47.9 Å². The van der Waals surface area contributed by atoms with Crippen molar-refractivity contribution in [1.82, 2.24) is 9.88 Å². The Morgan fingerprint density at radius 2 is 1.73 bits per heavy atom. The third-order valence-corrected chi connectivity index (χ3v) is 6.26. The Hall–Kier alpha value is -3.06. The molecule has 154 valence electrons. The fourth-order valence-corrected chi connectivity index (χ4v) is 4.51. The molecule has 0 unspecified atom stereocenters. The highest BCUT2D eigenvalue weighted by Crippen LogP contribution is 2.34. The lowest BCUT2D eigenvalue weighted by atomic mass is 9.95. The number of hydrogen-bond acceptors (Lipinski definition) is 4. The van der Waals surface area contributed by atoms with Gasteiger partial charge in [-0.15, -0.1) is 11.3 Å². The van der Waals surface area contributed by atoms with Gasteiger partial charge >= 0.3 is 0 Å². The van der Waals surface area contributed by atoms with Crippen LogP contribution in [0.5, 0.6) is 0 Å². The molecule has 1 N–H and O–H groups in total. The van der Waals surface area contributed by atoms with Crippen molar-refractivity contribution in [2.24, 2.45) is 5.92 Å². The molecule has 0 spiro atoms. The molecule has 0 atom stereocenters. The molecule has 1 fully saturated rings. The van der Waals surface area contributed by atoms with Crippen LogP contribution in [-0.4, -0.2) is 34.8 Å². The number of hydrogen-bond donors (Lipinski definition) is 1. The second-order valence-corrected chi connectivity index (χ2v) is 8.19. The lowest BCUT2D eigenvalue weighted by molar-refractivity contribution is -0.132. The molecule has 0 radical (unpaired) electrons. The Labute approximate surface area is 178 Å². The summed E-state index contributed by atoms with van der Waals surface area (Å²) in [6.07, 6.45) is 1.31. The first-order chi connectivity index (χ1) is 14.5. The second-order valence-electron chi connectivity index (χ2n) is 7.33. The first-order valence-electron chi connectivity index (χ1n) is 9.89. The van der Waals surface area contributed by atoms with Crippen molar-refractivity contribution in [3.63, 3.8) is 0 Å². The van der Waals surface area contributed by atoms with E-state index in [0.717, 1.165) is 5.56 Å². The van der Waals surface area contributed by atoms with Crippen molar-refractivity contribution in [1.29, 1.82) is 0 Å². The van der Waals surface area contributed by atoms with Crippen molar-refractivity contribution in [3.8, 4) is 21.8 Å². The largest absolute Gasteiger partial charge is 0.343 e. The molecule has 7 heteroatoms. The average Bonchev–Trinajstić information content (AvgIpc) is 3.24. The normalized spacial score (nSPS) is 14.5. The Bertz CT molecular complexity index is 1070. The summed E-state index contributed by atoms with van der Waals surface area (Å²) in [4.78, 5) is 30.7. The van der Waals surface area contributed by atoms with Crippen LogP contribution in [0.4, 0.5) is 10.1 Å². The minimum Gasteiger partial charge on any atom is -0.343 e. The smallest absolute Gasteiger partial charge is 0.227 e. The molecule has 0 saturated carbocycles. The van der Waals surface area contributed by atoms with E-state index in [-0.39, 0.29) is 23.5 Å². The highest BCUT2D eigenvalue weighted by Gasteiger charge is 2.26. The van der Waals surface area contributed by atoms with Crippen molar-refractivity contribution in [2.75, 3.05) is 18.4 Å². The van der Waals surface area contributed by atoms with Gasteiger partial charge < -0.3 is 10.2 Å². The van der Waals surface area contributed by atoms with Crippen LogP contribution in [0.15, 0.2) is 53.9 Å². The van der Waals surface area contributed by atoms with E-state index in [1.807, 2.05) is 29.6 Å². The van der Waals surface area contributed by atoms with Gasteiger partial charge in [-0.3, -0.25) is 9.59 Å². The summed E-state index contributed by atoms with van der Waals surface area (Å²) in [5.74, 6) is -0.432. The van der Waals surface area contributed by atoms with Crippen LogP contribution in [0, 0.1) is 11.7 Å². The Morgan fingerprint density at radius 1 is 1.07 bits per heavy atom. The molecule has 0 bridgehead atoms. The van der Waals surface area contributed by atoms with Crippen molar-refractivity contribution < 1.29 is 14.0 Å². The number of para-hydroxylation sites is 1. The molecular weight excluding hydrogens is 401 g/mol. The van der Waals surface area contributed by atoms with Crippen molar-refractivity contribution >= 4 is 28.8 Å². The standard InChI is InChI=1S/C23H22FN3O2S/c1-15(28)27-12-10-16(11-13-27)22(29)25-20-9-5-3-7-18(20)21-14-30-23(26-21)17-6-2-4-8-19(17)24/h2-9,14,16H,10-13H2,1H3,(H,25,29). The number of halogens is 1. The minimum absolute atomic E-state index is 0.0461. The molecule has 1 aliphatic rings. The van der Waals surface area contributed by atoms with Crippen LogP contribution < -0.4 is 5.32 Å². The first-order valence-corrected chi connectivity index (χ1v) is 10.8. The summed E-state index contributed by atoms with van der Waals surface area (Å²) in [6, 6.07) is 14.1. The number of amides is 2. The molecular formula is C23H22FN3O2S. The quantitative estimate of drug-likeness (QED) is 0.655. The lowest BCUT2D eigenvalue weighted by Gasteiger charge is -2.30. The lowest BCUT2D eigenvalue weighted by Crippen LogP contribution is -2.40. The fraction of sp³-hybridized carbons (Fsp3) is 0.261. The van der Waals surface area contributed by atoms with Crippen LogP contribution in [-0.2, 0) is 9.59 Å². The predicted octanol–water partition coefficient (Wildman–Crippen LogP) is 4.81. The van der Waals surface area contributed by atoms with Crippen LogP contribution in [0.3, 0.4) is 0 Å². The summed E-state index contributed by atoms with van der Waals surface area (Å²) in [5, 5.41) is 5.50. The number of nitrogens with zero attached hydrogens (tertiary/aromatic N) is 2. The maximum Gasteiger partial charge on any atom is 0.227 e. The van der Waals surface area contributed by atoms with Gasteiger partial charge in [0, 0.05) is 42.4 Å². The van der Waals surface area contributed by atoms with Gasteiger partial charge in [-0.1, -0.05) is 30.3 Å². The third kappa shape index (κ3) is 4.26. The van der Waals surface area contributed by atoms with Crippen LogP contribution in [0.2, 0.25) is 0 Å².